The average Bonchev–Trinajstić information content (AvgIpc) is 2.95. The lowest BCUT2D eigenvalue weighted by atomic mass is 10.1. The molecule has 0 aromatic heterocycles. The van der Waals surface area contributed by atoms with Gasteiger partial charge in [0.15, 0.2) is 11.5 Å². The van der Waals surface area contributed by atoms with Gasteiger partial charge in [-0.2, -0.15) is 0 Å². The van der Waals surface area contributed by atoms with Crippen LogP contribution in [0.25, 0.3) is 0 Å². The quantitative estimate of drug-likeness (QED) is 0.853. The molecule has 0 spiro atoms. The van der Waals surface area contributed by atoms with Crippen LogP contribution in [0.4, 0.5) is 0 Å². The third-order valence-electron chi connectivity index (χ3n) is 3.66. The maximum atomic E-state index is 5.72. The Bertz CT molecular complexity index is 440. The van der Waals surface area contributed by atoms with Crippen molar-refractivity contribution in [1.29, 1.82) is 0 Å². The molecular formula is C16H25NO2. The molecule has 1 aromatic carbocycles. The first kappa shape index (κ1) is 14.2. The van der Waals surface area contributed by atoms with Gasteiger partial charge in [0.05, 0.1) is 13.2 Å². The highest BCUT2D eigenvalue weighted by Crippen LogP contribution is 2.44. The molecule has 0 radical (unpaired) electrons. The van der Waals surface area contributed by atoms with Gasteiger partial charge in [-0.15, -0.1) is 0 Å². The van der Waals surface area contributed by atoms with Crippen LogP contribution >= 0.6 is 0 Å². The number of hydrogen-bond acceptors (Lipinski definition) is 3. The van der Waals surface area contributed by atoms with Crippen LogP contribution in [-0.4, -0.2) is 19.3 Å². The highest BCUT2D eigenvalue weighted by molar-refractivity contribution is 5.43. The third kappa shape index (κ3) is 3.63. The van der Waals surface area contributed by atoms with Crippen LogP contribution in [0.15, 0.2) is 18.2 Å². The first-order valence-corrected chi connectivity index (χ1v) is 6.99. The molecule has 0 amide bonds. The first-order valence-electron chi connectivity index (χ1n) is 6.99. The van der Waals surface area contributed by atoms with Gasteiger partial charge in [-0.1, -0.05) is 19.9 Å². The summed E-state index contributed by atoms with van der Waals surface area (Å²) in [5.74, 6) is 1.62. The number of rotatable bonds is 6. The lowest BCUT2D eigenvalue weighted by Crippen LogP contribution is -2.20. The van der Waals surface area contributed by atoms with Crippen LogP contribution in [0.5, 0.6) is 11.5 Å². The molecule has 1 aromatic rings. The minimum absolute atomic E-state index is 0.158. The van der Waals surface area contributed by atoms with E-state index in [0.29, 0.717) is 11.5 Å². The van der Waals surface area contributed by atoms with Crippen LogP contribution in [-0.2, 0) is 6.54 Å². The van der Waals surface area contributed by atoms with E-state index in [2.05, 4.69) is 31.3 Å². The van der Waals surface area contributed by atoms with E-state index in [-0.39, 0.29) is 6.10 Å². The van der Waals surface area contributed by atoms with Crippen LogP contribution < -0.4 is 14.8 Å². The van der Waals surface area contributed by atoms with E-state index in [1.807, 2.05) is 19.9 Å². The van der Waals surface area contributed by atoms with E-state index in [4.69, 9.17) is 9.47 Å². The van der Waals surface area contributed by atoms with E-state index < -0.39 is 0 Å². The predicted molar refractivity (Wildman–Crippen MR) is 77.8 cm³/mol. The molecular weight excluding hydrogens is 238 g/mol. The summed E-state index contributed by atoms with van der Waals surface area (Å²) in [4.78, 5) is 0. The van der Waals surface area contributed by atoms with Crippen molar-refractivity contribution in [3.63, 3.8) is 0 Å². The standard InChI is InChI=1S/C16H25NO2/c1-11(2)19-13-7-6-12(8-14(13)18-5)10-17-15-9-16(15,3)4/h6-8,11,15,17H,9-10H2,1-5H3. The van der Waals surface area contributed by atoms with Crippen LogP contribution in [0.1, 0.15) is 39.7 Å². The molecule has 0 bridgehead atoms. The van der Waals surface area contributed by atoms with Crippen molar-refractivity contribution in [1.82, 2.24) is 5.32 Å². The zero-order valence-electron chi connectivity index (χ0n) is 12.6. The number of nitrogens with one attached hydrogen (secondary N) is 1. The van der Waals surface area contributed by atoms with E-state index in [0.717, 1.165) is 18.0 Å². The van der Waals surface area contributed by atoms with Crippen molar-refractivity contribution in [2.75, 3.05) is 7.11 Å². The molecule has 1 aliphatic rings. The summed E-state index contributed by atoms with van der Waals surface area (Å²) in [5.41, 5.74) is 1.70. The van der Waals surface area contributed by atoms with Crippen molar-refractivity contribution in [3.05, 3.63) is 23.8 Å². The maximum absolute atomic E-state index is 5.72. The summed E-state index contributed by atoms with van der Waals surface area (Å²) in [6.07, 6.45) is 1.42. The first-order chi connectivity index (χ1) is 8.92. The van der Waals surface area contributed by atoms with Crippen molar-refractivity contribution >= 4 is 0 Å². The van der Waals surface area contributed by atoms with Gasteiger partial charge in [0.1, 0.15) is 0 Å². The third-order valence-corrected chi connectivity index (χ3v) is 3.66. The fraction of sp³-hybridized carbons (Fsp3) is 0.625. The molecule has 1 aliphatic carbocycles. The Morgan fingerprint density at radius 3 is 2.53 bits per heavy atom. The van der Waals surface area contributed by atoms with Crippen molar-refractivity contribution in [2.24, 2.45) is 5.41 Å². The Morgan fingerprint density at radius 1 is 1.32 bits per heavy atom. The van der Waals surface area contributed by atoms with Gasteiger partial charge in [-0.3, -0.25) is 0 Å². The fourth-order valence-corrected chi connectivity index (χ4v) is 2.23. The number of benzene rings is 1. The van der Waals surface area contributed by atoms with Crippen LogP contribution in [0.3, 0.4) is 0 Å². The summed E-state index contributed by atoms with van der Waals surface area (Å²) in [7, 11) is 1.68. The van der Waals surface area contributed by atoms with Gasteiger partial charge in [0, 0.05) is 12.6 Å². The molecule has 1 unspecified atom stereocenters. The van der Waals surface area contributed by atoms with Crippen LogP contribution in [0.2, 0.25) is 0 Å². The Morgan fingerprint density at radius 2 is 2.00 bits per heavy atom. The molecule has 0 aliphatic heterocycles. The van der Waals surface area contributed by atoms with Crippen LogP contribution in [0, 0.1) is 5.41 Å². The van der Waals surface area contributed by atoms with Crippen molar-refractivity contribution in [2.45, 2.75) is 52.8 Å². The molecule has 1 saturated carbocycles. The molecule has 1 fully saturated rings. The van der Waals surface area contributed by atoms with E-state index in [1.54, 1.807) is 7.11 Å². The lowest BCUT2D eigenvalue weighted by molar-refractivity contribution is 0.230. The number of methoxy groups -OCH3 is 1. The van der Waals surface area contributed by atoms with Gasteiger partial charge >= 0.3 is 0 Å². The zero-order valence-corrected chi connectivity index (χ0v) is 12.6. The van der Waals surface area contributed by atoms with Crippen molar-refractivity contribution in [3.8, 4) is 11.5 Å². The second kappa shape index (κ2) is 5.41. The Kier molecular flexibility index (Phi) is 4.04. The van der Waals surface area contributed by atoms with Crippen molar-refractivity contribution < 1.29 is 9.47 Å². The largest absolute Gasteiger partial charge is 0.493 e. The maximum Gasteiger partial charge on any atom is 0.161 e. The molecule has 1 atom stereocenters. The second-order valence-electron chi connectivity index (χ2n) is 6.28. The van der Waals surface area contributed by atoms with Gasteiger partial charge in [-0.25, -0.2) is 0 Å². The second-order valence-corrected chi connectivity index (χ2v) is 6.28. The Balaban J connectivity index is 1.98. The fourth-order valence-electron chi connectivity index (χ4n) is 2.23. The molecule has 106 valence electrons. The molecule has 1 N–H and O–H groups in total. The number of hydrogen-bond donors (Lipinski definition) is 1. The number of ether oxygens (including phenoxy) is 2. The molecule has 3 nitrogen and oxygen atoms in total. The SMILES string of the molecule is COc1cc(CNC2CC2(C)C)ccc1OC(C)C. The van der Waals surface area contributed by atoms with E-state index >= 15 is 0 Å². The van der Waals surface area contributed by atoms with E-state index in [9.17, 15) is 0 Å². The molecule has 3 heteroatoms. The van der Waals surface area contributed by atoms with Gasteiger partial charge in [-0.05, 0) is 43.4 Å². The molecule has 19 heavy (non-hydrogen) atoms. The normalized spacial score (nSPS) is 20.4. The average molecular weight is 263 g/mol. The Hall–Kier alpha value is -1.22. The van der Waals surface area contributed by atoms with Gasteiger partial charge in [0.2, 0.25) is 0 Å². The molecule has 0 heterocycles. The monoisotopic (exact) mass is 263 g/mol. The lowest BCUT2D eigenvalue weighted by Gasteiger charge is -2.15. The van der Waals surface area contributed by atoms with E-state index in [1.165, 1.54) is 12.0 Å². The predicted octanol–water partition coefficient (Wildman–Crippen LogP) is 3.37. The Labute approximate surface area is 116 Å². The minimum atomic E-state index is 0.158. The molecule has 0 saturated heterocycles. The minimum Gasteiger partial charge on any atom is -0.493 e. The summed E-state index contributed by atoms with van der Waals surface area (Å²) in [5, 5.41) is 3.58. The molecule has 2 rings (SSSR count). The summed E-state index contributed by atoms with van der Waals surface area (Å²) >= 11 is 0. The topological polar surface area (TPSA) is 30.5 Å². The van der Waals surface area contributed by atoms with Gasteiger partial charge in [0.25, 0.3) is 0 Å². The highest BCUT2D eigenvalue weighted by Gasteiger charge is 2.44. The smallest absolute Gasteiger partial charge is 0.161 e. The van der Waals surface area contributed by atoms with Gasteiger partial charge < -0.3 is 14.8 Å². The summed E-state index contributed by atoms with van der Waals surface area (Å²) < 4.78 is 11.1. The zero-order chi connectivity index (χ0) is 14.0. The summed E-state index contributed by atoms with van der Waals surface area (Å²) in [6.45, 7) is 9.51. The highest BCUT2D eigenvalue weighted by atomic mass is 16.5. The summed E-state index contributed by atoms with van der Waals surface area (Å²) in [6, 6.07) is 6.79.